The van der Waals surface area contributed by atoms with E-state index >= 15 is 0 Å². The number of carboxylic acid groups (broad SMARTS) is 1. The van der Waals surface area contributed by atoms with Crippen LogP contribution in [0, 0.1) is 0 Å². The van der Waals surface area contributed by atoms with Gasteiger partial charge in [0.15, 0.2) is 0 Å². The molecule has 0 amide bonds. The second-order valence-electron chi connectivity index (χ2n) is 5.51. The molecule has 1 aliphatic heterocycles. The molecule has 1 saturated heterocycles. The maximum absolute atomic E-state index is 12.4. The zero-order chi connectivity index (χ0) is 15.0. The zero-order valence-corrected chi connectivity index (χ0v) is 13.1. The molecule has 0 aromatic carbocycles. The molecule has 1 aromatic heterocycles. The molecule has 2 fully saturated rings. The van der Waals surface area contributed by atoms with E-state index < -0.39 is 16.0 Å². The molecule has 2 N–H and O–H groups in total. The smallest absolute Gasteiger partial charge is 0.352 e. The Hall–Kier alpha value is -0.990. The average molecular weight is 330 g/mol. The molecule has 0 radical (unpaired) electrons. The van der Waals surface area contributed by atoms with Crippen LogP contribution in [0.15, 0.2) is 17.2 Å². The van der Waals surface area contributed by atoms with Crippen LogP contribution in [0.3, 0.4) is 0 Å². The number of hydrogen-bond donors (Lipinski definition) is 2. The highest BCUT2D eigenvalue weighted by Gasteiger charge is 2.31. The Bertz CT molecular complexity index is 643. The van der Waals surface area contributed by atoms with E-state index in [0.717, 1.165) is 37.2 Å². The molecule has 0 spiro atoms. The van der Waals surface area contributed by atoms with Crippen LogP contribution < -0.4 is 4.72 Å². The van der Waals surface area contributed by atoms with Crippen molar-refractivity contribution in [3.63, 3.8) is 0 Å². The van der Waals surface area contributed by atoms with Crippen LogP contribution in [0.5, 0.6) is 0 Å². The van der Waals surface area contributed by atoms with Crippen molar-refractivity contribution >= 4 is 27.8 Å². The molecule has 0 unspecified atom stereocenters. The molecule has 1 saturated carbocycles. The molecule has 2 heterocycles. The summed E-state index contributed by atoms with van der Waals surface area (Å²) in [5, 5.41) is 9.20. The van der Waals surface area contributed by atoms with E-state index in [1.807, 2.05) is 11.8 Å². The predicted octanol–water partition coefficient (Wildman–Crippen LogP) is 1.70. The Kier molecular flexibility index (Phi) is 4.02. The molecule has 1 aliphatic carbocycles. The van der Waals surface area contributed by atoms with Gasteiger partial charge in [-0.25, -0.2) is 17.9 Å². The van der Waals surface area contributed by atoms with E-state index in [0.29, 0.717) is 0 Å². The standard InChI is InChI=1S/C13H18N2O4S2/c16-13(17)12-7-11(8-15(12)10-1-2-10)21(18,19)14-9-3-5-20-6-4-9/h7-10,14H,1-6H2,(H,16,17). The quantitative estimate of drug-likeness (QED) is 0.858. The summed E-state index contributed by atoms with van der Waals surface area (Å²) < 4.78 is 29.1. The Labute approximate surface area is 128 Å². The SMILES string of the molecule is O=C(O)c1cc(S(=O)(=O)NC2CCSCC2)cn1C1CC1. The summed E-state index contributed by atoms with van der Waals surface area (Å²) in [6, 6.07) is 1.35. The van der Waals surface area contributed by atoms with Gasteiger partial charge in [0.1, 0.15) is 10.6 Å². The molecule has 0 bridgehead atoms. The summed E-state index contributed by atoms with van der Waals surface area (Å²) in [5.41, 5.74) is 0.0528. The van der Waals surface area contributed by atoms with Gasteiger partial charge in [-0.15, -0.1) is 0 Å². The van der Waals surface area contributed by atoms with Crippen molar-refractivity contribution < 1.29 is 18.3 Å². The molecular formula is C13H18N2O4S2. The summed E-state index contributed by atoms with van der Waals surface area (Å²) in [5.74, 6) is 0.824. The zero-order valence-electron chi connectivity index (χ0n) is 11.5. The van der Waals surface area contributed by atoms with Gasteiger partial charge < -0.3 is 9.67 Å². The predicted molar refractivity (Wildman–Crippen MR) is 80.3 cm³/mol. The Morgan fingerprint density at radius 3 is 2.52 bits per heavy atom. The maximum Gasteiger partial charge on any atom is 0.352 e. The van der Waals surface area contributed by atoms with E-state index in [1.165, 1.54) is 12.3 Å². The van der Waals surface area contributed by atoms with Crippen LogP contribution >= 0.6 is 11.8 Å². The second-order valence-corrected chi connectivity index (χ2v) is 8.45. The number of rotatable bonds is 5. The first kappa shape index (κ1) is 14.9. The van der Waals surface area contributed by atoms with Crippen molar-refractivity contribution in [1.82, 2.24) is 9.29 Å². The van der Waals surface area contributed by atoms with Crippen molar-refractivity contribution in [3.05, 3.63) is 18.0 Å². The number of hydrogen-bond acceptors (Lipinski definition) is 4. The lowest BCUT2D eigenvalue weighted by atomic mass is 10.2. The molecule has 116 valence electrons. The average Bonchev–Trinajstić information content (AvgIpc) is 3.17. The topological polar surface area (TPSA) is 88.4 Å². The van der Waals surface area contributed by atoms with Crippen LogP contribution in [0.4, 0.5) is 0 Å². The van der Waals surface area contributed by atoms with Crippen molar-refractivity contribution in [1.29, 1.82) is 0 Å². The van der Waals surface area contributed by atoms with Crippen LogP contribution in [0.1, 0.15) is 42.2 Å². The molecular weight excluding hydrogens is 312 g/mol. The van der Waals surface area contributed by atoms with E-state index in [2.05, 4.69) is 4.72 Å². The fourth-order valence-electron chi connectivity index (χ4n) is 2.53. The number of thioether (sulfide) groups is 1. The first-order valence-electron chi connectivity index (χ1n) is 7.02. The minimum absolute atomic E-state index is 0.0474. The van der Waals surface area contributed by atoms with Gasteiger partial charge in [0.05, 0.1) is 0 Å². The molecule has 8 heteroatoms. The summed E-state index contributed by atoms with van der Waals surface area (Å²) in [4.78, 5) is 11.3. The van der Waals surface area contributed by atoms with Gasteiger partial charge in [-0.05, 0) is 43.3 Å². The van der Waals surface area contributed by atoms with Gasteiger partial charge >= 0.3 is 5.97 Å². The summed E-state index contributed by atoms with van der Waals surface area (Å²) in [6.45, 7) is 0. The molecule has 21 heavy (non-hydrogen) atoms. The highest BCUT2D eigenvalue weighted by atomic mass is 32.2. The van der Waals surface area contributed by atoms with Crippen molar-refractivity contribution in [2.45, 2.75) is 42.7 Å². The fourth-order valence-corrected chi connectivity index (χ4v) is 4.97. The van der Waals surface area contributed by atoms with Crippen LogP contribution in [0.25, 0.3) is 0 Å². The van der Waals surface area contributed by atoms with Gasteiger partial charge in [-0.2, -0.15) is 11.8 Å². The first-order valence-corrected chi connectivity index (χ1v) is 9.66. The third-order valence-corrected chi connectivity index (χ3v) is 6.37. The number of sulfonamides is 1. The molecule has 6 nitrogen and oxygen atoms in total. The fraction of sp³-hybridized carbons (Fsp3) is 0.615. The lowest BCUT2D eigenvalue weighted by Crippen LogP contribution is -2.37. The monoisotopic (exact) mass is 330 g/mol. The number of aromatic carboxylic acids is 1. The largest absolute Gasteiger partial charge is 0.477 e. The molecule has 3 rings (SSSR count). The summed E-state index contributed by atoms with van der Waals surface area (Å²) in [7, 11) is -3.64. The number of aromatic nitrogens is 1. The van der Waals surface area contributed by atoms with Gasteiger partial charge in [0.25, 0.3) is 0 Å². The van der Waals surface area contributed by atoms with E-state index in [9.17, 15) is 18.3 Å². The number of nitrogens with zero attached hydrogens (tertiary/aromatic N) is 1. The van der Waals surface area contributed by atoms with Crippen molar-refractivity contribution in [2.24, 2.45) is 0 Å². The van der Waals surface area contributed by atoms with Gasteiger partial charge in [0, 0.05) is 18.3 Å². The first-order chi connectivity index (χ1) is 9.97. The third-order valence-electron chi connectivity index (χ3n) is 3.84. The Balaban J connectivity index is 1.84. The van der Waals surface area contributed by atoms with Crippen molar-refractivity contribution in [2.75, 3.05) is 11.5 Å². The van der Waals surface area contributed by atoms with E-state index in [1.54, 1.807) is 4.57 Å². The number of carbonyl (C=O) groups is 1. The lowest BCUT2D eigenvalue weighted by molar-refractivity contribution is 0.0685. The maximum atomic E-state index is 12.4. The van der Waals surface area contributed by atoms with Gasteiger partial charge in [0.2, 0.25) is 10.0 Å². The Morgan fingerprint density at radius 1 is 1.29 bits per heavy atom. The van der Waals surface area contributed by atoms with Crippen LogP contribution in [-0.4, -0.2) is 41.6 Å². The van der Waals surface area contributed by atoms with E-state index in [4.69, 9.17) is 0 Å². The normalized spacial score (nSPS) is 20.6. The van der Waals surface area contributed by atoms with Crippen molar-refractivity contribution in [3.8, 4) is 0 Å². The number of nitrogens with one attached hydrogen (secondary N) is 1. The summed E-state index contributed by atoms with van der Waals surface area (Å²) in [6.07, 6.45) is 4.91. The summed E-state index contributed by atoms with van der Waals surface area (Å²) >= 11 is 1.83. The minimum atomic E-state index is -3.64. The van der Waals surface area contributed by atoms with Crippen LogP contribution in [0.2, 0.25) is 0 Å². The minimum Gasteiger partial charge on any atom is -0.477 e. The van der Waals surface area contributed by atoms with Gasteiger partial charge in [-0.3, -0.25) is 0 Å². The molecule has 2 aliphatic rings. The number of carboxylic acids is 1. The third kappa shape index (κ3) is 3.27. The second kappa shape index (κ2) is 5.66. The van der Waals surface area contributed by atoms with E-state index in [-0.39, 0.29) is 22.7 Å². The highest BCUT2D eigenvalue weighted by Crippen LogP contribution is 2.37. The highest BCUT2D eigenvalue weighted by molar-refractivity contribution is 7.99. The Morgan fingerprint density at radius 2 is 1.95 bits per heavy atom. The lowest BCUT2D eigenvalue weighted by Gasteiger charge is -2.21. The van der Waals surface area contributed by atoms with Gasteiger partial charge in [-0.1, -0.05) is 0 Å². The molecule has 0 atom stereocenters. The van der Waals surface area contributed by atoms with Crippen LogP contribution in [-0.2, 0) is 10.0 Å². The molecule has 1 aromatic rings.